The van der Waals surface area contributed by atoms with Crippen LogP contribution in [0.4, 0.5) is 4.39 Å². The Morgan fingerprint density at radius 2 is 1.54 bits per heavy atom. The zero-order valence-electron chi connectivity index (χ0n) is 6.97. The van der Waals surface area contributed by atoms with E-state index in [4.69, 9.17) is 0 Å². The molecule has 0 fully saturated rings. The van der Waals surface area contributed by atoms with E-state index in [2.05, 4.69) is 0 Å². The van der Waals surface area contributed by atoms with Gasteiger partial charge in [-0.15, -0.1) is 4.39 Å². The molecule has 0 saturated carbocycles. The van der Waals surface area contributed by atoms with Crippen LogP contribution in [0.5, 0.6) is 0 Å². The van der Waals surface area contributed by atoms with E-state index in [-0.39, 0.29) is 5.95 Å². The van der Waals surface area contributed by atoms with Gasteiger partial charge in [0.15, 0.2) is 0 Å². The summed E-state index contributed by atoms with van der Waals surface area (Å²) < 4.78 is 16.3. The first kappa shape index (κ1) is 7.86. The summed E-state index contributed by atoms with van der Waals surface area (Å²) in [5.41, 5.74) is 0. The van der Waals surface area contributed by atoms with Crippen LogP contribution in [-0.4, -0.2) is 0 Å². The molecule has 64 valence electrons. The van der Waals surface area contributed by atoms with Crippen LogP contribution >= 0.6 is 0 Å². The van der Waals surface area contributed by atoms with E-state index >= 15 is 0 Å². The third kappa shape index (κ3) is 1.54. The van der Waals surface area contributed by atoms with Crippen LogP contribution < -0.4 is 9.35 Å². The van der Waals surface area contributed by atoms with Gasteiger partial charge in [-0.3, -0.25) is 0 Å². The van der Waals surface area contributed by atoms with E-state index < -0.39 is 0 Å². The van der Waals surface area contributed by atoms with Crippen molar-refractivity contribution in [1.29, 1.82) is 0 Å². The number of rotatable bonds is 1. The molecule has 2 aromatic rings. The molecule has 0 aliphatic heterocycles. The standard InChI is InChI=1S/C10H9FN2/c11-10-6-2-5-9-13(10)12-7-3-1-4-8-12/h1-9H/q+2. The molecule has 0 atom stereocenters. The van der Waals surface area contributed by atoms with Gasteiger partial charge in [0.2, 0.25) is 18.6 Å². The van der Waals surface area contributed by atoms with Crippen molar-refractivity contribution in [3.05, 3.63) is 60.9 Å². The molecule has 0 N–H and O–H groups in total. The Kier molecular flexibility index (Phi) is 2.00. The summed E-state index contributed by atoms with van der Waals surface area (Å²) in [7, 11) is 0. The van der Waals surface area contributed by atoms with Gasteiger partial charge >= 0.3 is 5.95 Å². The van der Waals surface area contributed by atoms with Crippen molar-refractivity contribution in [3.63, 3.8) is 0 Å². The summed E-state index contributed by atoms with van der Waals surface area (Å²) in [6.45, 7) is 0. The number of hydrogen-bond donors (Lipinski definition) is 0. The first-order chi connectivity index (χ1) is 6.38. The second kappa shape index (κ2) is 3.31. The molecular formula is C10H9FN2+2. The van der Waals surface area contributed by atoms with Crippen LogP contribution in [0.15, 0.2) is 55.0 Å². The lowest BCUT2D eigenvalue weighted by atomic mass is 10.5. The quantitative estimate of drug-likeness (QED) is 0.446. The largest absolute Gasteiger partial charge is 0.426 e. The van der Waals surface area contributed by atoms with Gasteiger partial charge in [0, 0.05) is 24.3 Å². The Hall–Kier alpha value is -1.77. The highest BCUT2D eigenvalue weighted by molar-refractivity contribution is 4.86. The highest BCUT2D eigenvalue weighted by atomic mass is 19.1. The van der Waals surface area contributed by atoms with Crippen LogP contribution in [0.3, 0.4) is 0 Å². The lowest BCUT2D eigenvalue weighted by Crippen LogP contribution is -2.67. The number of aromatic nitrogens is 2. The van der Waals surface area contributed by atoms with Gasteiger partial charge in [-0.05, 0) is 12.1 Å². The van der Waals surface area contributed by atoms with Crippen LogP contribution in [0, 0.1) is 5.95 Å². The molecule has 0 radical (unpaired) electrons. The van der Waals surface area contributed by atoms with Gasteiger partial charge in [0.25, 0.3) is 0 Å². The number of hydrogen-bond acceptors (Lipinski definition) is 0. The molecular weight excluding hydrogens is 167 g/mol. The predicted molar refractivity (Wildman–Crippen MR) is 44.0 cm³/mol. The average molecular weight is 176 g/mol. The summed E-state index contributed by atoms with van der Waals surface area (Å²) in [5, 5.41) is 0. The van der Waals surface area contributed by atoms with Crippen molar-refractivity contribution < 1.29 is 13.7 Å². The zero-order valence-corrected chi connectivity index (χ0v) is 6.97. The van der Waals surface area contributed by atoms with Gasteiger partial charge in [-0.25, -0.2) is 0 Å². The van der Waals surface area contributed by atoms with Crippen molar-refractivity contribution in [2.24, 2.45) is 0 Å². The minimum absolute atomic E-state index is 0.293. The molecule has 0 unspecified atom stereocenters. The summed E-state index contributed by atoms with van der Waals surface area (Å²) in [6.07, 6.45) is 5.22. The molecule has 0 spiro atoms. The van der Waals surface area contributed by atoms with Crippen LogP contribution in [0.1, 0.15) is 0 Å². The molecule has 3 heteroatoms. The summed E-state index contributed by atoms with van der Waals surface area (Å²) in [6, 6.07) is 10.4. The fourth-order valence-corrected chi connectivity index (χ4v) is 1.13. The lowest BCUT2D eigenvalue weighted by Gasteiger charge is -1.87. The zero-order chi connectivity index (χ0) is 9.10. The molecule has 0 bridgehead atoms. The fourth-order valence-electron chi connectivity index (χ4n) is 1.13. The summed E-state index contributed by atoms with van der Waals surface area (Å²) >= 11 is 0. The van der Waals surface area contributed by atoms with E-state index in [0.717, 1.165) is 0 Å². The van der Waals surface area contributed by atoms with Crippen molar-refractivity contribution in [1.82, 2.24) is 0 Å². The monoisotopic (exact) mass is 176 g/mol. The Morgan fingerprint density at radius 3 is 2.23 bits per heavy atom. The van der Waals surface area contributed by atoms with Crippen LogP contribution in [-0.2, 0) is 0 Å². The number of halogens is 1. The molecule has 0 amide bonds. The maximum absolute atomic E-state index is 13.2. The van der Waals surface area contributed by atoms with Gasteiger partial charge in [0.1, 0.15) is 0 Å². The Labute approximate surface area is 75.5 Å². The minimum Gasteiger partial charge on any atom is -0.131 e. The normalized spacial score (nSPS) is 9.92. The molecule has 2 rings (SSSR count). The molecule has 13 heavy (non-hydrogen) atoms. The van der Waals surface area contributed by atoms with Crippen molar-refractivity contribution in [2.45, 2.75) is 0 Å². The molecule has 2 heterocycles. The topological polar surface area (TPSA) is 7.76 Å². The van der Waals surface area contributed by atoms with Gasteiger partial charge in [-0.2, -0.15) is 0 Å². The van der Waals surface area contributed by atoms with E-state index in [1.54, 1.807) is 35.4 Å². The molecule has 0 saturated heterocycles. The Morgan fingerprint density at radius 1 is 0.846 bits per heavy atom. The first-order valence-corrected chi connectivity index (χ1v) is 4.01. The second-order valence-corrected chi connectivity index (χ2v) is 2.62. The molecule has 2 aromatic heterocycles. The highest BCUT2D eigenvalue weighted by Crippen LogP contribution is 1.85. The van der Waals surface area contributed by atoms with E-state index in [1.807, 2.05) is 18.2 Å². The smallest absolute Gasteiger partial charge is 0.131 e. The molecule has 2 nitrogen and oxygen atoms in total. The highest BCUT2D eigenvalue weighted by Gasteiger charge is 2.16. The lowest BCUT2D eigenvalue weighted by molar-refractivity contribution is -1.30. The van der Waals surface area contributed by atoms with E-state index in [1.165, 1.54) is 10.7 Å². The summed E-state index contributed by atoms with van der Waals surface area (Å²) in [5.74, 6) is -0.293. The van der Waals surface area contributed by atoms with Crippen LogP contribution in [0.25, 0.3) is 0 Å². The predicted octanol–water partition coefficient (Wildman–Crippen LogP) is 0.712. The van der Waals surface area contributed by atoms with Gasteiger partial charge in [0.05, 0.1) is 9.35 Å². The molecule has 0 aliphatic carbocycles. The van der Waals surface area contributed by atoms with E-state index in [0.29, 0.717) is 0 Å². The number of nitrogens with zero attached hydrogens (tertiary/aromatic N) is 2. The van der Waals surface area contributed by atoms with Crippen molar-refractivity contribution >= 4 is 0 Å². The maximum atomic E-state index is 13.2. The van der Waals surface area contributed by atoms with Crippen LogP contribution in [0.2, 0.25) is 0 Å². The molecule has 0 aromatic carbocycles. The first-order valence-electron chi connectivity index (χ1n) is 4.01. The minimum atomic E-state index is -0.293. The third-order valence-electron chi connectivity index (χ3n) is 1.74. The van der Waals surface area contributed by atoms with Crippen molar-refractivity contribution in [2.75, 3.05) is 0 Å². The SMILES string of the molecule is Fc1cccc[n+]1-[n+]1ccccc1. The van der Waals surface area contributed by atoms with Gasteiger partial charge < -0.3 is 0 Å². The Balaban J connectivity index is 2.54. The second-order valence-electron chi connectivity index (χ2n) is 2.62. The van der Waals surface area contributed by atoms with E-state index in [9.17, 15) is 4.39 Å². The third-order valence-corrected chi connectivity index (χ3v) is 1.74. The van der Waals surface area contributed by atoms with Gasteiger partial charge in [-0.1, -0.05) is 0 Å². The molecule has 0 aliphatic rings. The summed E-state index contributed by atoms with van der Waals surface area (Å²) in [4.78, 5) is 0. The fraction of sp³-hybridized carbons (Fsp3) is 0. The van der Waals surface area contributed by atoms with Crippen molar-refractivity contribution in [3.8, 4) is 0 Å². The maximum Gasteiger partial charge on any atom is 0.426 e. The number of pyridine rings is 2. The average Bonchev–Trinajstić information content (AvgIpc) is 2.20. The Bertz CT molecular complexity index is 401.